The molecule has 4 heteroatoms. The molecule has 7 aromatic carbocycles. The fraction of sp³-hybridized carbons (Fsp3) is 0.0435. The van der Waals surface area contributed by atoms with E-state index in [0.717, 1.165) is 35.4 Å². The highest BCUT2D eigenvalue weighted by atomic mass is 32.1. The Kier molecular flexibility index (Phi) is 6.15. The predicted octanol–water partition coefficient (Wildman–Crippen LogP) is 14.4. The molecule has 0 spiro atoms. The van der Waals surface area contributed by atoms with Crippen LogP contribution in [0.5, 0.6) is 0 Å². The maximum absolute atomic E-state index is 6.69. The summed E-state index contributed by atoms with van der Waals surface area (Å²) in [6.07, 6.45) is 6.72. The van der Waals surface area contributed by atoms with Gasteiger partial charge in [-0.25, -0.2) is 0 Å². The Balaban J connectivity index is 1.31. The zero-order chi connectivity index (χ0) is 32.8. The summed E-state index contributed by atoms with van der Waals surface area (Å²) < 4.78 is 10.6. The Labute approximate surface area is 296 Å². The highest BCUT2D eigenvalue weighted by molar-refractivity contribution is 7.26. The molecule has 0 N–H and O–H groups in total. The van der Waals surface area contributed by atoms with E-state index in [0.29, 0.717) is 0 Å². The molecule has 0 radical (unpaired) electrons. The topological polar surface area (TPSA) is 16.4 Å². The zero-order valence-corrected chi connectivity index (χ0v) is 28.7. The van der Waals surface area contributed by atoms with Crippen molar-refractivity contribution in [3.8, 4) is 11.1 Å². The van der Waals surface area contributed by atoms with Crippen LogP contribution in [0.1, 0.15) is 16.9 Å². The van der Waals surface area contributed by atoms with Crippen molar-refractivity contribution in [1.82, 2.24) is 0 Å². The standard InChI is InChI=1S/C46H29NOS2/c1-3-14-30(15-4-1)47(31-16-5-2-6-17-31)37-25-29(26-41-44(37)42-32-18-8-7-13-28(32)23-24-40(42)49-41)35-27-36-33-19-9-11-21-38(33)48-45(36)43-34-20-10-12-22-39(34)50-46(35)43/h1-9,11-19,21-27H,10,20H2. The van der Waals surface area contributed by atoms with Crippen LogP contribution in [0.25, 0.3) is 80.2 Å². The first-order valence-electron chi connectivity index (χ1n) is 17.1. The van der Waals surface area contributed by atoms with Gasteiger partial charge in [0.25, 0.3) is 0 Å². The van der Waals surface area contributed by atoms with E-state index in [4.69, 9.17) is 4.42 Å². The van der Waals surface area contributed by atoms with E-state index in [-0.39, 0.29) is 0 Å². The van der Waals surface area contributed by atoms with Crippen LogP contribution in [0.2, 0.25) is 0 Å². The summed E-state index contributed by atoms with van der Waals surface area (Å²) in [5.74, 6) is 0. The van der Waals surface area contributed by atoms with Gasteiger partial charge >= 0.3 is 0 Å². The SMILES string of the molecule is C1=Cc2sc3c(-c4cc(N(c5ccccc5)c5ccccc5)c5c(c4)sc4ccc6ccccc6c45)cc4c5ccccc5oc4c3c2CC1. The summed E-state index contributed by atoms with van der Waals surface area (Å²) in [5, 5.41) is 8.80. The second kappa shape index (κ2) is 10.9. The largest absolute Gasteiger partial charge is 0.455 e. The molecule has 10 aromatic rings. The average Bonchev–Trinajstić information content (AvgIpc) is 3.87. The number of anilines is 3. The summed E-state index contributed by atoms with van der Waals surface area (Å²) in [7, 11) is 0. The Morgan fingerprint density at radius 2 is 1.32 bits per heavy atom. The molecule has 11 rings (SSSR count). The van der Waals surface area contributed by atoms with Crippen molar-refractivity contribution < 1.29 is 4.42 Å². The van der Waals surface area contributed by atoms with Crippen LogP contribution in [0.4, 0.5) is 17.1 Å². The van der Waals surface area contributed by atoms with E-state index in [1.165, 1.54) is 79.1 Å². The van der Waals surface area contributed by atoms with Crippen molar-refractivity contribution in [2.24, 2.45) is 0 Å². The number of allylic oxidation sites excluding steroid dienone is 1. The maximum atomic E-state index is 6.69. The molecule has 0 amide bonds. The molecule has 236 valence electrons. The van der Waals surface area contributed by atoms with Gasteiger partial charge in [0.1, 0.15) is 11.2 Å². The molecule has 0 saturated carbocycles. The van der Waals surface area contributed by atoms with E-state index in [1.54, 1.807) is 0 Å². The molecule has 3 heterocycles. The number of thiophene rings is 2. The highest BCUT2D eigenvalue weighted by Gasteiger charge is 2.25. The number of fused-ring (bicyclic) bond motifs is 12. The third-order valence-electron chi connectivity index (χ3n) is 10.3. The second-order valence-electron chi connectivity index (χ2n) is 13.1. The summed E-state index contributed by atoms with van der Waals surface area (Å²) >= 11 is 3.80. The molecule has 0 unspecified atom stereocenters. The van der Waals surface area contributed by atoms with Crippen molar-refractivity contribution >= 4 is 109 Å². The van der Waals surface area contributed by atoms with Gasteiger partial charge in [-0.2, -0.15) is 0 Å². The van der Waals surface area contributed by atoms with Crippen LogP contribution in [0.15, 0.2) is 150 Å². The van der Waals surface area contributed by atoms with Crippen molar-refractivity contribution in [2.45, 2.75) is 12.8 Å². The van der Waals surface area contributed by atoms with Gasteiger partial charge in [0.05, 0.1) is 5.69 Å². The van der Waals surface area contributed by atoms with Gasteiger partial charge < -0.3 is 9.32 Å². The molecule has 0 saturated heterocycles. The Bertz CT molecular complexity index is 2940. The number of benzene rings is 7. The smallest absolute Gasteiger partial charge is 0.144 e. The summed E-state index contributed by atoms with van der Waals surface area (Å²) in [5.41, 5.74) is 9.32. The fourth-order valence-electron chi connectivity index (χ4n) is 8.09. The second-order valence-corrected chi connectivity index (χ2v) is 15.3. The molecule has 50 heavy (non-hydrogen) atoms. The third-order valence-corrected chi connectivity index (χ3v) is 12.6. The van der Waals surface area contributed by atoms with Gasteiger partial charge in [-0.05, 0) is 95.4 Å². The number of rotatable bonds is 4. The van der Waals surface area contributed by atoms with Crippen LogP contribution in [0, 0.1) is 0 Å². The highest BCUT2D eigenvalue weighted by Crippen LogP contribution is 2.52. The molecule has 0 aliphatic heterocycles. The Morgan fingerprint density at radius 1 is 0.580 bits per heavy atom. The molecule has 1 aliphatic carbocycles. The molecule has 2 nitrogen and oxygen atoms in total. The Morgan fingerprint density at radius 3 is 2.14 bits per heavy atom. The zero-order valence-electron chi connectivity index (χ0n) is 27.0. The predicted molar refractivity (Wildman–Crippen MR) is 217 cm³/mol. The quantitative estimate of drug-likeness (QED) is 0.185. The van der Waals surface area contributed by atoms with Gasteiger partial charge in [-0.1, -0.05) is 91.0 Å². The first-order chi connectivity index (χ1) is 24.8. The van der Waals surface area contributed by atoms with Gasteiger partial charge in [-0.15, -0.1) is 22.7 Å². The molecule has 1 aliphatic rings. The molecule has 0 atom stereocenters. The minimum atomic E-state index is 0.944. The van der Waals surface area contributed by atoms with E-state index in [2.05, 4.69) is 157 Å². The van der Waals surface area contributed by atoms with Gasteiger partial charge in [0, 0.05) is 62.8 Å². The van der Waals surface area contributed by atoms with Crippen LogP contribution in [-0.2, 0) is 6.42 Å². The third kappa shape index (κ3) is 4.13. The number of para-hydroxylation sites is 3. The van der Waals surface area contributed by atoms with Crippen molar-refractivity contribution in [3.05, 3.63) is 156 Å². The number of furan rings is 1. The maximum Gasteiger partial charge on any atom is 0.144 e. The number of hydrogen-bond acceptors (Lipinski definition) is 4. The van der Waals surface area contributed by atoms with Crippen molar-refractivity contribution in [2.75, 3.05) is 4.90 Å². The minimum Gasteiger partial charge on any atom is -0.455 e. The van der Waals surface area contributed by atoms with Gasteiger partial charge in [0.15, 0.2) is 0 Å². The van der Waals surface area contributed by atoms with Crippen LogP contribution in [0.3, 0.4) is 0 Å². The minimum absolute atomic E-state index is 0.944. The summed E-state index contributed by atoms with van der Waals surface area (Å²) in [6, 6.07) is 50.8. The lowest BCUT2D eigenvalue weighted by Gasteiger charge is -2.27. The normalized spacial score (nSPS) is 13.0. The summed E-state index contributed by atoms with van der Waals surface area (Å²) in [6.45, 7) is 0. The fourth-order valence-corrected chi connectivity index (χ4v) is 10.6. The van der Waals surface area contributed by atoms with Crippen molar-refractivity contribution in [1.29, 1.82) is 0 Å². The van der Waals surface area contributed by atoms with E-state index < -0.39 is 0 Å². The van der Waals surface area contributed by atoms with Crippen LogP contribution < -0.4 is 4.90 Å². The lowest BCUT2D eigenvalue weighted by Crippen LogP contribution is -2.10. The van der Waals surface area contributed by atoms with Gasteiger partial charge in [-0.3, -0.25) is 0 Å². The van der Waals surface area contributed by atoms with Crippen molar-refractivity contribution in [3.63, 3.8) is 0 Å². The van der Waals surface area contributed by atoms with Gasteiger partial charge in [0.2, 0.25) is 0 Å². The lowest BCUT2D eigenvalue weighted by atomic mass is 9.94. The lowest BCUT2D eigenvalue weighted by molar-refractivity contribution is 0.672. The number of aryl methyl sites for hydroxylation is 1. The molecule has 3 aromatic heterocycles. The number of hydrogen-bond donors (Lipinski definition) is 0. The first-order valence-corrected chi connectivity index (χ1v) is 18.8. The van der Waals surface area contributed by atoms with Crippen LogP contribution in [-0.4, -0.2) is 0 Å². The Hall–Kier alpha value is -5.68. The van der Waals surface area contributed by atoms with E-state index in [9.17, 15) is 0 Å². The number of nitrogens with zero attached hydrogens (tertiary/aromatic N) is 1. The molecule has 0 fully saturated rings. The molecular formula is C46H29NOS2. The average molecular weight is 676 g/mol. The first kappa shape index (κ1) is 28.2. The van der Waals surface area contributed by atoms with E-state index in [1.807, 2.05) is 22.7 Å². The summed E-state index contributed by atoms with van der Waals surface area (Å²) in [4.78, 5) is 3.80. The molecule has 0 bridgehead atoms. The monoisotopic (exact) mass is 675 g/mol. The molecular weight excluding hydrogens is 647 g/mol. The van der Waals surface area contributed by atoms with E-state index >= 15 is 0 Å². The van der Waals surface area contributed by atoms with Crippen LogP contribution >= 0.6 is 22.7 Å².